The first-order valence-corrected chi connectivity index (χ1v) is 20.4. The summed E-state index contributed by atoms with van der Waals surface area (Å²) in [5, 5.41) is 17.4. The van der Waals surface area contributed by atoms with E-state index in [2.05, 4.69) is 118 Å². The molecule has 0 radical (unpaired) electrons. The third-order valence-corrected chi connectivity index (χ3v) is 16.0. The van der Waals surface area contributed by atoms with Crippen LogP contribution in [0.5, 0.6) is 5.75 Å². The minimum absolute atomic E-state index is 0.0811. The summed E-state index contributed by atoms with van der Waals surface area (Å²) in [4.78, 5) is 15.0. The minimum atomic E-state index is -2.70. The molecule has 1 aromatic heterocycles. The van der Waals surface area contributed by atoms with Gasteiger partial charge in [-0.05, 0) is 86.1 Å². The Bertz CT molecular complexity index is 1660. The van der Waals surface area contributed by atoms with Crippen molar-refractivity contribution in [3.63, 3.8) is 0 Å². The Hall–Kier alpha value is -3.66. The number of nitrogens with zero attached hydrogens (tertiary/aromatic N) is 3. The highest BCUT2D eigenvalue weighted by Crippen LogP contribution is 2.41. The molecule has 2 heterocycles. The SMILES string of the molecule is CN(C)Cc1c(OCC2CCCCC2O[Si](c2ccccc2)(c2ccccc2)C(C)(C)C)ccc2c(CCC3CCN(C(=O)O)CC3)noc12. The Morgan fingerprint density at radius 1 is 0.940 bits per heavy atom. The van der Waals surface area contributed by atoms with Crippen LogP contribution in [0, 0.1) is 11.8 Å². The monoisotopic (exact) mass is 697 g/mol. The molecule has 1 N–H and O–H groups in total. The number of amides is 1. The number of aryl methyl sites for hydroxylation is 1. The van der Waals surface area contributed by atoms with Crippen LogP contribution in [0.1, 0.15) is 77.0 Å². The lowest BCUT2D eigenvalue weighted by Gasteiger charge is -2.47. The van der Waals surface area contributed by atoms with Gasteiger partial charge >= 0.3 is 6.09 Å². The molecular weight excluding hydrogens is 643 g/mol. The molecule has 268 valence electrons. The summed E-state index contributed by atoms with van der Waals surface area (Å²) in [5.74, 6) is 1.62. The van der Waals surface area contributed by atoms with E-state index in [0.29, 0.717) is 32.2 Å². The minimum Gasteiger partial charge on any atom is -0.493 e. The number of benzene rings is 3. The fourth-order valence-electron chi connectivity index (χ4n) is 8.26. The van der Waals surface area contributed by atoms with Gasteiger partial charge in [-0.1, -0.05) is 99.4 Å². The molecule has 3 aromatic carbocycles. The van der Waals surface area contributed by atoms with Gasteiger partial charge in [-0.3, -0.25) is 0 Å². The quantitative estimate of drug-likeness (QED) is 0.152. The van der Waals surface area contributed by atoms with Crippen molar-refractivity contribution in [2.75, 3.05) is 33.8 Å². The van der Waals surface area contributed by atoms with Gasteiger partial charge in [-0.15, -0.1) is 0 Å². The summed E-state index contributed by atoms with van der Waals surface area (Å²) in [7, 11) is 1.44. The number of hydrogen-bond donors (Lipinski definition) is 1. The molecule has 9 heteroatoms. The highest BCUT2D eigenvalue weighted by atomic mass is 28.4. The number of carboxylic acid groups (broad SMARTS) is 1. The van der Waals surface area contributed by atoms with E-state index in [4.69, 9.17) is 13.7 Å². The molecule has 0 spiro atoms. The molecule has 1 saturated carbocycles. The van der Waals surface area contributed by atoms with E-state index in [1.54, 1.807) is 0 Å². The van der Waals surface area contributed by atoms with Gasteiger partial charge in [0.05, 0.1) is 24.0 Å². The van der Waals surface area contributed by atoms with Crippen LogP contribution in [0.2, 0.25) is 5.04 Å². The molecule has 6 rings (SSSR count). The standard InChI is InChI=1S/C41H55N3O5Si/c1-41(2,3)50(32-15-8-6-9-16-32,33-17-10-7-11-18-33)49-37-19-13-12-14-31(37)29-47-38-23-21-34-36(42-48-39(34)35(38)28-43(4)5)22-20-30-24-26-44(27-25-30)40(45)46/h6-11,15-18,21,23,30-31,37H,12-14,19-20,22,24-29H2,1-5H3,(H,45,46). The van der Waals surface area contributed by atoms with E-state index in [0.717, 1.165) is 72.9 Å². The zero-order chi connectivity index (χ0) is 35.3. The maximum Gasteiger partial charge on any atom is 0.407 e. The summed E-state index contributed by atoms with van der Waals surface area (Å²) >= 11 is 0. The van der Waals surface area contributed by atoms with Crippen molar-refractivity contribution in [1.82, 2.24) is 15.0 Å². The van der Waals surface area contributed by atoms with Crippen LogP contribution in [0.3, 0.4) is 0 Å². The van der Waals surface area contributed by atoms with Crippen LogP contribution in [-0.2, 0) is 17.4 Å². The summed E-state index contributed by atoms with van der Waals surface area (Å²) in [6, 6.07) is 26.1. The molecular formula is C41H55N3O5Si. The van der Waals surface area contributed by atoms with Crippen molar-refractivity contribution in [2.45, 2.75) is 89.8 Å². The van der Waals surface area contributed by atoms with E-state index >= 15 is 0 Å². The number of ether oxygens (including phenoxy) is 1. The summed E-state index contributed by atoms with van der Waals surface area (Å²) in [5.41, 5.74) is 2.80. The van der Waals surface area contributed by atoms with Gasteiger partial charge in [0.25, 0.3) is 8.32 Å². The smallest absolute Gasteiger partial charge is 0.407 e. The number of carbonyl (C=O) groups is 1. The van der Waals surface area contributed by atoms with E-state index in [1.165, 1.54) is 21.7 Å². The normalized spacial score (nSPS) is 19.3. The highest BCUT2D eigenvalue weighted by molar-refractivity contribution is 6.99. The number of likely N-dealkylation sites (tertiary alicyclic amines) is 1. The number of aromatic nitrogens is 1. The predicted molar refractivity (Wildman–Crippen MR) is 202 cm³/mol. The maximum atomic E-state index is 11.3. The first-order valence-electron chi connectivity index (χ1n) is 18.5. The van der Waals surface area contributed by atoms with E-state index in [-0.39, 0.29) is 17.1 Å². The third-order valence-electron chi connectivity index (χ3n) is 11.0. The molecule has 1 amide bonds. The second-order valence-corrected chi connectivity index (χ2v) is 20.0. The van der Waals surface area contributed by atoms with E-state index < -0.39 is 14.4 Å². The van der Waals surface area contributed by atoms with Crippen molar-refractivity contribution in [2.24, 2.45) is 11.8 Å². The van der Waals surface area contributed by atoms with Crippen LogP contribution in [0.25, 0.3) is 11.0 Å². The number of piperidine rings is 1. The van der Waals surface area contributed by atoms with E-state index in [9.17, 15) is 9.90 Å². The van der Waals surface area contributed by atoms with Gasteiger partial charge in [-0.2, -0.15) is 0 Å². The zero-order valence-corrected chi connectivity index (χ0v) is 31.6. The Labute approximate surface area is 298 Å². The topological polar surface area (TPSA) is 88.3 Å². The van der Waals surface area contributed by atoms with E-state index in [1.807, 2.05) is 0 Å². The average molecular weight is 698 g/mol. The second-order valence-electron chi connectivity index (χ2n) is 15.7. The van der Waals surface area contributed by atoms with Gasteiger partial charge < -0.3 is 28.6 Å². The van der Waals surface area contributed by atoms with Crippen molar-refractivity contribution in [3.05, 3.63) is 84.1 Å². The fraction of sp³-hybridized carbons (Fsp3) is 0.512. The third kappa shape index (κ3) is 7.80. The average Bonchev–Trinajstić information content (AvgIpc) is 3.53. The summed E-state index contributed by atoms with van der Waals surface area (Å²) < 4.78 is 20.5. The van der Waals surface area contributed by atoms with Gasteiger partial charge in [-0.25, -0.2) is 4.79 Å². The second kappa shape index (κ2) is 15.7. The van der Waals surface area contributed by atoms with Crippen LogP contribution in [0.15, 0.2) is 77.3 Å². The molecule has 1 aliphatic heterocycles. The predicted octanol–water partition coefficient (Wildman–Crippen LogP) is 7.73. The molecule has 4 aromatic rings. The maximum absolute atomic E-state index is 11.3. The Morgan fingerprint density at radius 2 is 1.58 bits per heavy atom. The molecule has 50 heavy (non-hydrogen) atoms. The molecule has 8 nitrogen and oxygen atoms in total. The largest absolute Gasteiger partial charge is 0.493 e. The Kier molecular flexibility index (Phi) is 11.3. The molecule has 1 aliphatic carbocycles. The zero-order valence-electron chi connectivity index (χ0n) is 30.6. The van der Waals surface area contributed by atoms with Crippen LogP contribution >= 0.6 is 0 Å². The molecule has 0 bridgehead atoms. The number of fused-ring (bicyclic) bond motifs is 1. The first kappa shape index (κ1) is 36.1. The van der Waals surface area contributed by atoms with Crippen LogP contribution < -0.4 is 15.1 Å². The molecule has 2 atom stereocenters. The highest BCUT2D eigenvalue weighted by Gasteiger charge is 2.52. The molecule has 2 unspecified atom stereocenters. The van der Waals surface area contributed by atoms with Crippen molar-refractivity contribution in [3.8, 4) is 5.75 Å². The first-order chi connectivity index (χ1) is 24.1. The van der Waals surface area contributed by atoms with Crippen molar-refractivity contribution >= 4 is 35.8 Å². The Balaban J connectivity index is 1.22. The molecule has 1 saturated heterocycles. The lowest BCUT2D eigenvalue weighted by Crippen LogP contribution is -2.68. The van der Waals surface area contributed by atoms with Gasteiger partial charge in [0, 0.05) is 30.9 Å². The van der Waals surface area contributed by atoms with Gasteiger partial charge in [0.1, 0.15) is 5.75 Å². The number of rotatable bonds is 12. The van der Waals surface area contributed by atoms with Crippen molar-refractivity contribution in [1.29, 1.82) is 0 Å². The molecule has 2 fully saturated rings. The lowest BCUT2D eigenvalue weighted by molar-refractivity contribution is 0.0532. The summed E-state index contributed by atoms with van der Waals surface area (Å²) in [6.07, 6.45) is 7.31. The molecule has 2 aliphatic rings. The summed E-state index contributed by atoms with van der Waals surface area (Å²) in [6.45, 7) is 9.54. The van der Waals surface area contributed by atoms with Crippen LogP contribution in [0.4, 0.5) is 4.79 Å². The van der Waals surface area contributed by atoms with Gasteiger partial charge in [0.2, 0.25) is 0 Å². The lowest BCUT2D eigenvalue weighted by atomic mass is 9.87. The fourth-order valence-corrected chi connectivity index (χ4v) is 13.0. The number of hydrogen-bond acceptors (Lipinski definition) is 6. The van der Waals surface area contributed by atoms with Crippen molar-refractivity contribution < 1.29 is 23.6 Å². The Morgan fingerprint density at radius 3 is 2.18 bits per heavy atom. The van der Waals surface area contributed by atoms with Crippen LogP contribution in [-0.4, -0.2) is 74.4 Å². The van der Waals surface area contributed by atoms with Gasteiger partial charge in [0.15, 0.2) is 5.58 Å².